The molecule has 1 amide bonds. The number of carbonyl (C=O) groups is 1. The second kappa shape index (κ2) is 11.0. The van der Waals surface area contributed by atoms with E-state index in [0.29, 0.717) is 5.82 Å². The number of anilines is 1. The van der Waals surface area contributed by atoms with Crippen molar-refractivity contribution in [1.82, 2.24) is 39.6 Å². The van der Waals surface area contributed by atoms with Gasteiger partial charge in [0.05, 0.1) is 0 Å². The molecular formula is C24H29N9O. The van der Waals surface area contributed by atoms with Gasteiger partial charge >= 0.3 is 0 Å². The van der Waals surface area contributed by atoms with E-state index in [2.05, 4.69) is 36.2 Å². The van der Waals surface area contributed by atoms with Crippen LogP contribution in [0.1, 0.15) is 35.3 Å². The first-order valence-electron chi connectivity index (χ1n) is 10.8. The summed E-state index contributed by atoms with van der Waals surface area (Å²) in [5.74, 6) is 2.40. The maximum atomic E-state index is 10.5. The zero-order valence-electron chi connectivity index (χ0n) is 20.2. The van der Waals surface area contributed by atoms with Crippen molar-refractivity contribution in [3.63, 3.8) is 0 Å². The largest absolute Gasteiger partial charge is 0.286 e. The van der Waals surface area contributed by atoms with E-state index >= 15 is 0 Å². The summed E-state index contributed by atoms with van der Waals surface area (Å²) in [6, 6.07) is 11.8. The van der Waals surface area contributed by atoms with Gasteiger partial charge in [-0.3, -0.25) is 24.4 Å². The van der Waals surface area contributed by atoms with Gasteiger partial charge in [-0.15, -0.1) is 20.4 Å². The molecular weight excluding hydrogens is 430 g/mol. The lowest BCUT2D eigenvalue weighted by molar-refractivity contribution is -0.118. The van der Waals surface area contributed by atoms with Gasteiger partial charge in [-0.25, -0.2) is 4.98 Å². The first kappa shape index (κ1) is 24.3. The van der Waals surface area contributed by atoms with Gasteiger partial charge in [0.15, 0.2) is 11.3 Å². The van der Waals surface area contributed by atoms with Crippen LogP contribution in [0, 0.1) is 34.6 Å². The number of hydrazine groups is 1. The summed E-state index contributed by atoms with van der Waals surface area (Å²) in [4.78, 5) is 14.6. The summed E-state index contributed by atoms with van der Waals surface area (Å²) < 4.78 is 3.96. The number of aromatic nitrogens is 7. The molecule has 0 atom stereocenters. The summed E-state index contributed by atoms with van der Waals surface area (Å²) >= 11 is 0. The maximum absolute atomic E-state index is 10.5. The lowest BCUT2D eigenvalue weighted by Crippen LogP contribution is -2.27. The summed E-state index contributed by atoms with van der Waals surface area (Å²) in [7, 11) is 0. The van der Waals surface area contributed by atoms with Crippen LogP contribution in [0.25, 0.3) is 11.3 Å². The number of nitrogens with zero attached hydrogens (tertiary/aromatic N) is 7. The van der Waals surface area contributed by atoms with Crippen molar-refractivity contribution in [3.8, 4) is 0 Å². The van der Waals surface area contributed by atoms with E-state index in [1.807, 2.05) is 92.2 Å². The Hall–Kier alpha value is -4.34. The average Bonchev–Trinajstić information content (AvgIpc) is 3.39. The monoisotopic (exact) mass is 459 g/mol. The van der Waals surface area contributed by atoms with Crippen molar-refractivity contribution >= 4 is 23.0 Å². The zero-order valence-corrected chi connectivity index (χ0v) is 20.2. The molecule has 0 fully saturated rings. The molecule has 2 N–H and O–H groups in total. The van der Waals surface area contributed by atoms with Crippen LogP contribution in [0.15, 0.2) is 55.0 Å². The van der Waals surface area contributed by atoms with E-state index in [0.717, 1.165) is 39.6 Å². The topological polar surface area (TPSA) is 114 Å². The molecule has 0 aliphatic heterocycles. The lowest BCUT2D eigenvalue weighted by atomic mass is 10.3. The quantitative estimate of drug-likeness (QED) is 0.388. The molecule has 0 aliphatic carbocycles. The minimum atomic E-state index is -0.139. The number of hydrogen-bond acceptors (Lipinski definition) is 7. The Morgan fingerprint density at radius 3 is 1.68 bits per heavy atom. The molecule has 0 saturated heterocycles. The highest BCUT2D eigenvalue weighted by molar-refractivity contribution is 5.74. The third kappa shape index (κ3) is 5.91. The van der Waals surface area contributed by atoms with Gasteiger partial charge in [-0.1, -0.05) is 18.2 Å². The normalized spacial score (nSPS) is 10.2. The average molecular weight is 460 g/mol. The number of carbonyl (C=O) groups excluding carboxylic acids is 1. The van der Waals surface area contributed by atoms with Crippen LogP contribution in [0.5, 0.6) is 0 Å². The third-order valence-corrected chi connectivity index (χ3v) is 4.97. The molecule has 0 saturated carbocycles. The minimum absolute atomic E-state index is 0.139. The van der Waals surface area contributed by atoms with Gasteiger partial charge in [0, 0.05) is 25.5 Å². The molecule has 5 aromatic rings. The smallest absolute Gasteiger partial charge is 0.235 e. The van der Waals surface area contributed by atoms with Crippen molar-refractivity contribution in [3.05, 3.63) is 83.3 Å². The van der Waals surface area contributed by atoms with Crippen molar-refractivity contribution < 1.29 is 4.79 Å². The van der Waals surface area contributed by atoms with E-state index < -0.39 is 0 Å². The van der Waals surface area contributed by atoms with Gasteiger partial charge < -0.3 is 0 Å². The van der Waals surface area contributed by atoms with Crippen molar-refractivity contribution in [2.75, 3.05) is 5.43 Å². The molecule has 5 aromatic heterocycles. The predicted molar refractivity (Wildman–Crippen MR) is 131 cm³/mol. The van der Waals surface area contributed by atoms with E-state index in [9.17, 15) is 4.79 Å². The third-order valence-electron chi connectivity index (χ3n) is 4.97. The van der Waals surface area contributed by atoms with Crippen molar-refractivity contribution in [2.45, 2.75) is 41.5 Å². The number of amides is 1. The fourth-order valence-corrected chi connectivity index (χ4v) is 3.09. The molecule has 0 unspecified atom stereocenters. The SMILES string of the molecule is CC(=O)NNc1ncccc1C.Cc1cccn2c(C)nnc12.Cc1cccn2c(C)nnc12. The van der Waals surface area contributed by atoms with E-state index in [1.165, 1.54) is 6.92 Å². The van der Waals surface area contributed by atoms with Crippen LogP contribution in [-0.2, 0) is 4.79 Å². The molecule has 0 radical (unpaired) electrons. The number of rotatable bonds is 2. The Labute approximate surface area is 198 Å². The second-order valence-electron chi connectivity index (χ2n) is 7.74. The Kier molecular flexibility index (Phi) is 7.86. The Bertz CT molecular complexity index is 1330. The summed E-state index contributed by atoms with van der Waals surface area (Å²) in [5, 5.41) is 16.0. The van der Waals surface area contributed by atoms with Gasteiger partial charge in [-0.2, -0.15) is 0 Å². The molecule has 0 aromatic carbocycles. The molecule has 176 valence electrons. The van der Waals surface area contributed by atoms with Gasteiger partial charge in [-0.05, 0) is 69.5 Å². The molecule has 0 bridgehead atoms. The Morgan fingerprint density at radius 1 is 0.735 bits per heavy atom. The highest BCUT2D eigenvalue weighted by atomic mass is 16.2. The van der Waals surface area contributed by atoms with Crippen molar-refractivity contribution in [1.29, 1.82) is 0 Å². The van der Waals surface area contributed by atoms with Gasteiger partial charge in [0.2, 0.25) is 5.91 Å². The Morgan fingerprint density at radius 2 is 1.24 bits per heavy atom. The van der Waals surface area contributed by atoms with E-state index in [1.54, 1.807) is 6.20 Å². The predicted octanol–water partition coefficient (Wildman–Crippen LogP) is 3.55. The molecule has 5 heterocycles. The van der Waals surface area contributed by atoms with Crippen LogP contribution in [0.3, 0.4) is 0 Å². The highest BCUT2D eigenvalue weighted by Gasteiger charge is 2.01. The van der Waals surface area contributed by atoms with Crippen LogP contribution < -0.4 is 10.9 Å². The number of hydrogen-bond donors (Lipinski definition) is 2. The number of nitrogens with one attached hydrogen (secondary N) is 2. The summed E-state index contributed by atoms with van der Waals surface area (Å²) in [6.45, 7) is 11.3. The molecule has 5 rings (SSSR count). The molecule has 34 heavy (non-hydrogen) atoms. The van der Waals surface area contributed by atoms with Crippen LogP contribution >= 0.6 is 0 Å². The van der Waals surface area contributed by atoms with Crippen LogP contribution in [0.2, 0.25) is 0 Å². The van der Waals surface area contributed by atoms with E-state index in [-0.39, 0.29) is 5.91 Å². The number of aryl methyl sites for hydroxylation is 5. The zero-order chi connectivity index (χ0) is 24.7. The van der Waals surface area contributed by atoms with Gasteiger partial charge in [0.1, 0.15) is 17.5 Å². The number of pyridine rings is 3. The molecule has 0 spiro atoms. The minimum Gasteiger partial charge on any atom is -0.286 e. The summed E-state index contributed by atoms with van der Waals surface area (Å²) in [6.07, 6.45) is 5.60. The first-order valence-corrected chi connectivity index (χ1v) is 10.8. The summed E-state index contributed by atoms with van der Waals surface area (Å²) in [5.41, 5.74) is 10.4. The van der Waals surface area contributed by atoms with E-state index in [4.69, 9.17) is 0 Å². The lowest BCUT2D eigenvalue weighted by Gasteiger charge is -2.06. The van der Waals surface area contributed by atoms with Crippen LogP contribution in [0.4, 0.5) is 5.82 Å². The van der Waals surface area contributed by atoms with Crippen LogP contribution in [-0.4, -0.2) is 40.1 Å². The molecule has 10 heteroatoms. The van der Waals surface area contributed by atoms with Crippen molar-refractivity contribution in [2.24, 2.45) is 0 Å². The second-order valence-corrected chi connectivity index (χ2v) is 7.74. The molecule has 10 nitrogen and oxygen atoms in total. The fourth-order valence-electron chi connectivity index (χ4n) is 3.09. The standard InChI is InChI=1S/C8H11N3O.2C8H9N3/c1-6-4-3-5-9-8(6)11-10-7(2)12;2*1-6-4-3-5-11-7(2)9-10-8(6)11/h3-5H,1-2H3,(H,9,11)(H,10,12);2*3-5H,1-2H3. The number of fused-ring (bicyclic) bond motifs is 2. The molecule has 0 aliphatic rings. The maximum Gasteiger partial charge on any atom is 0.235 e. The first-order chi connectivity index (χ1) is 16.3. The Balaban J connectivity index is 0.000000143. The van der Waals surface area contributed by atoms with Gasteiger partial charge in [0.25, 0.3) is 0 Å². The highest BCUT2D eigenvalue weighted by Crippen LogP contribution is 2.08. The fraction of sp³-hybridized carbons (Fsp3) is 0.250.